The molecular formula is C12H22N4O. The summed E-state index contributed by atoms with van der Waals surface area (Å²) in [5.41, 5.74) is 6.61. The van der Waals surface area contributed by atoms with E-state index in [2.05, 4.69) is 24.3 Å². The van der Waals surface area contributed by atoms with Crippen LogP contribution in [0.4, 0.5) is 0 Å². The molecule has 0 aliphatic carbocycles. The number of carbonyl (C=O) groups excluding carboxylic acids is 1. The summed E-state index contributed by atoms with van der Waals surface area (Å²) in [4.78, 5) is 11.9. The van der Waals surface area contributed by atoms with Crippen molar-refractivity contribution in [2.75, 3.05) is 0 Å². The maximum Gasteiger partial charge on any atom is 0.241 e. The van der Waals surface area contributed by atoms with Gasteiger partial charge in [-0.15, -0.1) is 0 Å². The van der Waals surface area contributed by atoms with Crippen molar-refractivity contribution >= 4 is 5.91 Å². The monoisotopic (exact) mass is 238 g/mol. The zero-order valence-corrected chi connectivity index (χ0v) is 11.0. The first kappa shape index (κ1) is 13.7. The second-order valence-electron chi connectivity index (χ2n) is 4.61. The van der Waals surface area contributed by atoms with Crippen LogP contribution in [0, 0.1) is 5.92 Å². The lowest BCUT2D eigenvalue weighted by molar-refractivity contribution is -0.123. The molecule has 1 amide bonds. The zero-order chi connectivity index (χ0) is 13.0. The van der Waals surface area contributed by atoms with Crippen LogP contribution in [0.1, 0.15) is 38.8 Å². The topological polar surface area (TPSA) is 72.9 Å². The Balaban J connectivity index is 2.58. The number of nitrogens with zero attached hydrogens (tertiary/aromatic N) is 2. The van der Waals surface area contributed by atoms with Crippen molar-refractivity contribution in [1.29, 1.82) is 0 Å². The average Bonchev–Trinajstić information content (AvgIpc) is 2.73. The van der Waals surface area contributed by atoms with Gasteiger partial charge in [-0.25, -0.2) is 0 Å². The Labute approximate surface area is 102 Å². The number of hydrogen-bond donors (Lipinski definition) is 2. The minimum absolute atomic E-state index is 0.134. The minimum atomic E-state index is -0.643. The lowest BCUT2D eigenvalue weighted by Crippen LogP contribution is -2.42. The molecule has 1 aromatic heterocycles. The van der Waals surface area contributed by atoms with E-state index in [4.69, 9.17) is 5.73 Å². The first-order chi connectivity index (χ1) is 7.95. The van der Waals surface area contributed by atoms with Gasteiger partial charge in [0.25, 0.3) is 0 Å². The fourth-order valence-electron chi connectivity index (χ4n) is 1.56. The maximum absolute atomic E-state index is 11.9. The van der Waals surface area contributed by atoms with Gasteiger partial charge in [-0.05, 0) is 12.8 Å². The highest BCUT2D eigenvalue weighted by molar-refractivity contribution is 5.83. The van der Waals surface area contributed by atoms with E-state index >= 15 is 0 Å². The predicted molar refractivity (Wildman–Crippen MR) is 67.2 cm³/mol. The van der Waals surface area contributed by atoms with Gasteiger partial charge in [0.05, 0.1) is 6.20 Å². The summed E-state index contributed by atoms with van der Waals surface area (Å²) in [5.74, 6) is 0.297. The van der Waals surface area contributed by atoms with Crippen LogP contribution >= 0.6 is 0 Å². The smallest absolute Gasteiger partial charge is 0.241 e. The number of nitrogens with one attached hydrogen (secondary N) is 1. The molecule has 1 heterocycles. The Kier molecular flexibility index (Phi) is 4.69. The van der Waals surface area contributed by atoms with E-state index in [1.165, 1.54) is 0 Å². The fourth-order valence-corrected chi connectivity index (χ4v) is 1.56. The third-order valence-electron chi connectivity index (χ3n) is 3.23. The number of aryl methyl sites for hydroxylation is 1. The van der Waals surface area contributed by atoms with E-state index in [-0.39, 0.29) is 11.9 Å². The van der Waals surface area contributed by atoms with Crippen LogP contribution in [0.25, 0.3) is 0 Å². The van der Waals surface area contributed by atoms with Crippen LogP contribution in [0.2, 0.25) is 0 Å². The van der Waals surface area contributed by atoms with Crippen LogP contribution in [0.15, 0.2) is 12.4 Å². The van der Waals surface area contributed by atoms with Gasteiger partial charge in [0.15, 0.2) is 0 Å². The first-order valence-corrected chi connectivity index (χ1v) is 6.00. The summed E-state index contributed by atoms with van der Waals surface area (Å²) in [6.45, 7) is 6.22. The van der Waals surface area contributed by atoms with Gasteiger partial charge < -0.3 is 11.1 Å². The van der Waals surface area contributed by atoms with Crippen LogP contribution < -0.4 is 11.1 Å². The van der Waals surface area contributed by atoms with Crippen LogP contribution in [-0.2, 0) is 11.8 Å². The number of nitrogens with two attached hydrogens (primary N) is 1. The quantitative estimate of drug-likeness (QED) is 0.803. The standard InChI is InChI=1S/C12H22N4O/c1-5-8(2)9(3)15-12(17)11(13)10-6-14-16(4)7-10/h6-9,11H,5,13H2,1-4H3,(H,15,17). The summed E-state index contributed by atoms with van der Waals surface area (Å²) in [7, 11) is 1.80. The molecule has 5 nitrogen and oxygen atoms in total. The van der Waals surface area contributed by atoms with Gasteiger partial charge in [-0.1, -0.05) is 20.3 Å². The van der Waals surface area contributed by atoms with Crippen molar-refractivity contribution in [2.24, 2.45) is 18.7 Å². The fraction of sp³-hybridized carbons (Fsp3) is 0.667. The lowest BCUT2D eigenvalue weighted by atomic mass is 10.0. The highest BCUT2D eigenvalue weighted by Gasteiger charge is 2.20. The molecule has 0 fully saturated rings. The van der Waals surface area contributed by atoms with Gasteiger partial charge in [-0.3, -0.25) is 9.48 Å². The molecule has 0 spiro atoms. The van der Waals surface area contributed by atoms with E-state index in [0.29, 0.717) is 5.92 Å². The molecule has 3 unspecified atom stereocenters. The molecule has 96 valence electrons. The second kappa shape index (κ2) is 5.82. The Morgan fingerprint density at radius 3 is 2.71 bits per heavy atom. The molecule has 3 atom stereocenters. The summed E-state index contributed by atoms with van der Waals surface area (Å²) in [6.07, 6.45) is 4.42. The van der Waals surface area contributed by atoms with Gasteiger partial charge in [0.1, 0.15) is 6.04 Å². The summed E-state index contributed by atoms with van der Waals surface area (Å²) in [5, 5.41) is 6.94. The third kappa shape index (κ3) is 3.56. The van der Waals surface area contributed by atoms with E-state index in [9.17, 15) is 4.79 Å². The number of hydrogen-bond acceptors (Lipinski definition) is 3. The molecule has 0 bridgehead atoms. The molecule has 3 N–H and O–H groups in total. The van der Waals surface area contributed by atoms with Crippen molar-refractivity contribution < 1.29 is 4.79 Å². The van der Waals surface area contributed by atoms with Crippen LogP contribution in [-0.4, -0.2) is 21.7 Å². The van der Waals surface area contributed by atoms with Crippen molar-refractivity contribution in [3.63, 3.8) is 0 Å². The van der Waals surface area contributed by atoms with Crippen LogP contribution in [0.5, 0.6) is 0 Å². The highest BCUT2D eigenvalue weighted by atomic mass is 16.2. The molecule has 0 aliphatic heterocycles. The number of rotatable bonds is 5. The molecule has 0 aromatic carbocycles. The SMILES string of the molecule is CCC(C)C(C)NC(=O)C(N)c1cnn(C)c1. The second-order valence-corrected chi connectivity index (χ2v) is 4.61. The molecular weight excluding hydrogens is 216 g/mol. The van der Waals surface area contributed by atoms with E-state index in [1.54, 1.807) is 24.1 Å². The maximum atomic E-state index is 11.9. The van der Waals surface area contributed by atoms with E-state index < -0.39 is 6.04 Å². The molecule has 0 radical (unpaired) electrons. The number of carbonyl (C=O) groups is 1. The highest BCUT2D eigenvalue weighted by Crippen LogP contribution is 2.11. The zero-order valence-electron chi connectivity index (χ0n) is 11.0. The lowest BCUT2D eigenvalue weighted by Gasteiger charge is -2.21. The molecule has 0 saturated carbocycles. The van der Waals surface area contributed by atoms with E-state index in [0.717, 1.165) is 12.0 Å². The van der Waals surface area contributed by atoms with Gasteiger partial charge in [0, 0.05) is 24.8 Å². The van der Waals surface area contributed by atoms with Crippen molar-refractivity contribution in [2.45, 2.75) is 39.3 Å². The number of amides is 1. The Bertz CT molecular complexity index is 374. The Hall–Kier alpha value is -1.36. The van der Waals surface area contributed by atoms with Gasteiger partial charge in [-0.2, -0.15) is 5.10 Å². The molecule has 17 heavy (non-hydrogen) atoms. The Morgan fingerprint density at radius 2 is 2.24 bits per heavy atom. The summed E-state index contributed by atoms with van der Waals surface area (Å²) < 4.78 is 1.64. The van der Waals surface area contributed by atoms with Crippen molar-refractivity contribution in [3.05, 3.63) is 18.0 Å². The van der Waals surface area contributed by atoms with Crippen LogP contribution in [0.3, 0.4) is 0 Å². The van der Waals surface area contributed by atoms with Crippen molar-refractivity contribution in [3.8, 4) is 0 Å². The summed E-state index contributed by atoms with van der Waals surface area (Å²) in [6, 6.07) is -0.509. The molecule has 1 aromatic rings. The minimum Gasteiger partial charge on any atom is -0.352 e. The van der Waals surface area contributed by atoms with E-state index in [1.807, 2.05) is 6.92 Å². The van der Waals surface area contributed by atoms with Gasteiger partial charge in [0.2, 0.25) is 5.91 Å². The molecule has 1 rings (SSSR count). The Morgan fingerprint density at radius 1 is 1.59 bits per heavy atom. The molecule has 0 aliphatic rings. The molecule has 0 saturated heterocycles. The van der Waals surface area contributed by atoms with Gasteiger partial charge >= 0.3 is 0 Å². The number of aromatic nitrogens is 2. The third-order valence-corrected chi connectivity index (χ3v) is 3.23. The molecule has 5 heteroatoms. The average molecular weight is 238 g/mol. The largest absolute Gasteiger partial charge is 0.352 e. The normalized spacial score (nSPS) is 16.3. The first-order valence-electron chi connectivity index (χ1n) is 6.00. The van der Waals surface area contributed by atoms with Crippen molar-refractivity contribution in [1.82, 2.24) is 15.1 Å². The predicted octanol–water partition coefficient (Wildman–Crippen LogP) is 0.971. The summed E-state index contributed by atoms with van der Waals surface area (Å²) >= 11 is 0.